The number of carbonyl (C=O) groups excluding carboxylic acids is 1. The summed E-state index contributed by atoms with van der Waals surface area (Å²) in [5.41, 5.74) is -0.268. The van der Waals surface area contributed by atoms with Gasteiger partial charge < -0.3 is 9.88 Å². The van der Waals surface area contributed by atoms with Crippen molar-refractivity contribution in [3.8, 4) is 0 Å². The normalized spacial score (nSPS) is 12.5. The van der Waals surface area contributed by atoms with E-state index in [0.717, 1.165) is 12.3 Å². The van der Waals surface area contributed by atoms with Crippen LogP contribution in [0.4, 0.5) is 13.2 Å². The molecule has 0 saturated carbocycles. The zero-order chi connectivity index (χ0) is 14.8. The molecule has 10 heteroatoms. The van der Waals surface area contributed by atoms with Crippen LogP contribution in [0.25, 0.3) is 0 Å². The molecule has 6 nitrogen and oxygen atoms in total. The minimum absolute atomic E-state index is 0.165. The summed E-state index contributed by atoms with van der Waals surface area (Å²) in [7, 11) is -4.01. The minimum Gasteiger partial charge on any atom is -0.356 e. The summed E-state index contributed by atoms with van der Waals surface area (Å²) in [5.74, 6) is -0.949. The Labute approximate surface area is 107 Å². The monoisotopic (exact) mass is 299 g/mol. The molecule has 0 aliphatic heterocycles. The van der Waals surface area contributed by atoms with Crippen LogP contribution in [0.1, 0.15) is 17.4 Å². The fraction of sp³-hybridized carbons (Fsp3) is 0.444. The van der Waals surface area contributed by atoms with E-state index in [2.05, 4.69) is 4.98 Å². The second-order valence-electron chi connectivity index (χ2n) is 3.73. The zero-order valence-electron chi connectivity index (χ0n) is 9.86. The molecule has 1 aromatic heterocycles. The molecule has 3 N–H and O–H groups in total. The lowest BCUT2D eigenvalue weighted by atomic mass is 10.3. The third kappa shape index (κ3) is 4.24. The van der Waals surface area contributed by atoms with Crippen molar-refractivity contribution in [2.75, 3.05) is 13.1 Å². The molecule has 0 fully saturated rings. The first-order valence-electron chi connectivity index (χ1n) is 5.12. The number of sulfonamides is 1. The summed E-state index contributed by atoms with van der Waals surface area (Å²) in [6.07, 6.45) is -3.58. The van der Waals surface area contributed by atoms with Gasteiger partial charge in [0.25, 0.3) is 5.91 Å². The molecule has 0 saturated heterocycles. The van der Waals surface area contributed by atoms with Crippen molar-refractivity contribution in [1.82, 2.24) is 9.88 Å². The molecule has 1 aromatic rings. The van der Waals surface area contributed by atoms with E-state index in [1.54, 1.807) is 0 Å². The molecule has 108 valence electrons. The van der Waals surface area contributed by atoms with Gasteiger partial charge in [-0.05, 0) is 13.0 Å². The molecule has 1 amide bonds. The summed E-state index contributed by atoms with van der Waals surface area (Å²) in [4.78, 5) is 14.2. The van der Waals surface area contributed by atoms with E-state index >= 15 is 0 Å². The lowest BCUT2D eigenvalue weighted by Gasteiger charge is -2.21. The van der Waals surface area contributed by atoms with E-state index in [9.17, 15) is 26.4 Å². The minimum atomic E-state index is -4.53. The molecule has 0 radical (unpaired) electrons. The number of aromatic amines is 1. The van der Waals surface area contributed by atoms with Gasteiger partial charge in [0.05, 0.1) is 4.90 Å². The van der Waals surface area contributed by atoms with Gasteiger partial charge in [-0.15, -0.1) is 0 Å². The van der Waals surface area contributed by atoms with Crippen molar-refractivity contribution in [3.05, 3.63) is 18.0 Å². The fourth-order valence-electron chi connectivity index (χ4n) is 1.38. The molecule has 0 atom stereocenters. The van der Waals surface area contributed by atoms with Crippen LogP contribution in [0, 0.1) is 0 Å². The van der Waals surface area contributed by atoms with Crippen LogP contribution in [0.3, 0.4) is 0 Å². The molecule has 0 unspecified atom stereocenters. The van der Waals surface area contributed by atoms with Crippen molar-refractivity contribution in [3.63, 3.8) is 0 Å². The van der Waals surface area contributed by atoms with Crippen molar-refractivity contribution >= 4 is 15.9 Å². The highest BCUT2D eigenvalue weighted by atomic mass is 32.2. The third-order valence-corrected chi connectivity index (χ3v) is 3.15. The van der Waals surface area contributed by atoms with Gasteiger partial charge in [0.2, 0.25) is 10.0 Å². The Bertz CT molecular complexity index is 565. The molecule has 1 rings (SSSR count). The summed E-state index contributed by atoms with van der Waals surface area (Å²) in [6, 6.07) is 0.900. The zero-order valence-corrected chi connectivity index (χ0v) is 10.7. The number of amides is 1. The van der Waals surface area contributed by atoms with Gasteiger partial charge in [-0.3, -0.25) is 4.79 Å². The van der Waals surface area contributed by atoms with Gasteiger partial charge in [0.15, 0.2) is 0 Å². The van der Waals surface area contributed by atoms with Crippen LogP contribution in [-0.4, -0.2) is 43.5 Å². The van der Waals surface area contributed by atoms with Gasteiger partial charge in [-0.1, -0.05) is 0 Å². The van der Waals surface area contributed by atoms with Gasteiger partial charge in [0, 0.05) is 12.7 Å². The van der Waals surface area contributed by atoms with Crippen LogP contribution >= 0.6 is 0 Å². The third-order valence-electron chi connectivity index (χ3n) is 2.25. The summed E-state index contributed by atoms with van der Waals surface area (Å²) in [5, 5.41) is 4.83. The first-order valence-corrected chi connectivity index (χ1v) is 6.66. The molecular formula is C9H12F3N3O3S. The number of halogens is 3. The number of rotatable bonds is 4. The molecule has 0 aliphatic rings. The highest BCUT2D eigenvalue weighted by molar-refractivity contribution is 7.89. The van der Waals surface area contributed by atoms with Crippen LogP contribution in [0.15, 0.2) is 17.2 Å². The quantitative estimate of drug-likeness (QED) is 0.856. The SMILES string of the molecule is CCN(CC(F)(F)F)C(=O)c1cc(S(N)(=O)=O)c[nH]1. The molecule has 1 heterocycles. The van der Waals surface area contributed by atoms with Crippen molar-refractivity contribution < 1.29 is 26.4 Å². The van der Waals surface area contributed by atoms with Gasteiger partial charge >= 0.3 is 6.18 Å². The van der Waals surface area contributed by atoms with E-state index in [4.69, 9.17) is 5.14 Å². The van der Waals surface area contributed by atoms with Crippen LogP contribution in [-0.2, 0) is 10.0 Å². The Kier molecular flexibility index (Phi) is 4.25. The van der Waals surface area contributed by atoms with E-state index in [1.165, 1.54) is 6.92 Å². The number of hydrogen-bond donors (Lipinski definition) is 2. The second-order valence-corrected chi connectivity index (χ2v) is 5.29. The Morgan fingerprint density at radius 1 is 1.47 bits per heavy atom. The number of nitrogens with one attached hydrogen (secondary N) is 1. The van der Waals surface area contributed by atoms with Crippen molar-refractivity contribution in [2.24, 2.45) is 5.14 Å². The maximum absolute atomic E-state index is 12.2. The van der Waals surface area contributed by atoms with Crippen LogP contribution in [0.2, 0.25) is 0 Å². The average Bonchev–Trinajstić information content (AvgIpc) is 2.72. The van der Waals surface area contributed by atoms with E-state index in [1.807, 2.05) is 0 Å². The van der Waals surface area contributed by atoms with Gasteiger partial charge in [-0.2, -0.15) is 13.2 Å². The topological polar surface area (TPSA) is 96.3 Å². The molecule has 0 aliphatic carbocycles. The maximum Gasteiger partial charge on any atom is 0.406 e. The average molecular weight is 299 g/mol. The fourth-order valence-corrected chi connectivity index (χ4v) is 1.88. The molecule has 0 bridgehead atoms. The summed E-state index contributed by atoms with van der Waals surface area (Å²) < 4.78 is 58.7. The number of carbonyl (C=O) groups is 1. The lowest BCUT2D eigenvalue weighted by Crippen LogP contribution is -2.38. The Morgan fingerprint density at radius 3 is 2.42 bits per heavy atom. The van der Waals surface area contributed by atoms with Gasteiger partial charge in [0.1, 0.15) is 12.2 Å². The standard InChI is InChI=1S/C9H12F3N3O3S/c1-2-15(5-9(10,11)12)8(16)7-3-6(4-14-7)19(13,17)18/h3-4,14H,2,5H2,1H3,(H2,13,17,18). The van der Waals surface area contributed by atoms with Crippen molar-refractivity contribution in [2.45, 2.75) is 18.0 Å². The van der Waals surface area contributed by atoms with Crippen LogP contribution < -0.4 is 5.14 Å². The summed E-state index contributed by atoms with van der Waals surface area (Å²) in [6.45, 7) is -0.193. The maximum atomic E-state index is 12.2. The number of alkyl halides is 3. The van der Waals surface area contributed by atoms with Crippen LogP contribution in [0.5, 0.6) is 0 Å². The van der Waals surface area contributed by atoms with Gasteiger partial charge in [-0.25, -0.2) is 13.6 Å². The Balaban J connectivity index is 2.96. The first kappa shape index (κ1) is 15.5. The molecule has 19 heavy (non-hydrogen) atoms. The highest BCUT2D eigenvalue weighted by Crippen LogP contribution is 2.18. The largest absolute Gasteiger partial charge is 0.406 e. The molecular weight excluding hydrogens is 287 g/mol. The van der Waals surface area contributed by atoms with E-state index in [0.29, 0.717) is 4.90 Å². The number of nitrogens with two attached hydrogens (primary N) is 1. The number of aromatic nitrogens is 1. The summed E-state index contributed by atoms with van der Waals surface area (Å²) >= 11 is 0. The smallest absolute Gasteiger partial charge is 0.356 e. The van der Waals surface area contributed by atoms with E-state index in [-0.39, 0.29) is 17.1 Å². The highest BCUT2D eigenvalue weighted by Gasteiger charge is 2.33. The molecule has 0 spiro atoms. The second kappa shape index (κ2) is 5.21. The van der Waals surface area contributed by atoms with Crippen molar-refractivity contribution in [1.29, 1.82) is 0 Å². The Morgan fingerprint density at radius 2 is 2.05 bits per heavy atom. The number of H-pyrrole nitrogens is 1. The number of nitrogens with zero attached hydrogens (tertiary/aromatic N) is 1. The predicted octanol–water partition coefficient (Wildman–Crippen LogP) is 0.687. The molecule has 0 aromatic carbocycles. The number of hydrogen-bond acceptors (Lipinski definition) is 3. The number of primary sulfonamides is 1. The van der Waals surface area contributed by atoms with E-state index < -0.39 is 28.7 Å². The first-order chi connectivity index (χ1) is 8.54. The Hall–Kier alpha value is -1.55. The predicted molar refractivity (Wildman–Crippen MR) is 59.8 cm³/mol. The lowest BCUT2D eigenvalue weighted by molar-refractivity contribution is -0.140.